The Hall–Kier alpha value is -2.57. The van der Waals surface area contributed by atoms with Crippen molar-refractivity contribution in [3.8, 4) is 0 Å². The largest absolute Gasteiger partial charge is 0.443 e. The highest BCUT2D eigenvalue weighted by Gasteiger charge is 2.39. The van der Waals surface area contributed by atoms with Gasteiger partial charge in [0.2, 0.25) is 5.96 Å². The van der Waals surface area contributed by atoms with Crippen molar-refractivity contribution in [1.29, 1.82) is 0 Å². The highest BCUT2D eigenvalue weighted by atomic mass is 16.6. The normalized spacial score (nSPS) is 15.1. The van der Waals surface area contributed by atoms with E-state index in [1.807, 2.05) is 18.2 Å². The Morgan fingerprint density at radius 2 is 1.27 bits per heavy atom. The third-order valence-electron chi connectivity index (χ3n) is 3.24. The number of guanidine groups is 1. The first-order valence-electron chi connectivity index (χ1n) is 8.61. The Labute approximate surface area is 154 Å². The van der Waals surface area contributed by atoms with Gasteiger partial charge in [-0.3, -0.25) is 0 Å². The molecule has 0 aromatic heterocycles. The van der Waals surface area contributed by atoms with Crippen LogP contribution in [0.15, 0.2) is 35.3 Å². The van der Waals surface area contributed by atoms with E-state index in [-0.39, 0.29) is 5.96 Å². The maximum atomic E-state index is 12.6. The molecule has 0 radical (unpaired) electrons. The lowest BCUT2D eigenvalue weighted by molar-refractivity contribution is 0.0375. The molecule has 1 aliphatic heterocycles. The lowest BCUT2D eigenvalue weighted by atomic mass is 10.2. The zero-order valence-electron chi connectivity index (χ0n) is 16.3. The fourth-order valence-corrected chi connectivity index (χ4v) is 2.26. The predicted molar refractivity (Wildman–Crippen MR) is 99.4 cm³/mol. The van der Waals surface area contributed by atoms with Crippen LogP contribution in [0.2, 0.25) is 0 Å². The molecule has 0 spiro atoms. The zero-order valence-corrected chi connectivity index (χ0v) is 16.3. The lowest BCUT2D eigenvalue weighted by Crippen LogP contribution is -2.44. The van der Waals surface area contributed by atoms with Gasteiger partial charge in [-0.2, -0.15) is 0 Å². The van der Waals surface area contributed by atoms with E-state index in [1.54, 1.807) is 53.7 Å². The van der Waals surface area contributed by atoms with Crippen LogP contribution in [0.3, 0.4) is 0 Å². The van der Waals surface area contributed by atoms with Gasteiger partial charge < -0.3 is 9.47 Å². The number of amides is 2. The maximum Gasteiger partial charge on any atom is 0.417 e. The first kappa shape index (κ1) is 19.8. The van der Waals surface area contributed by atoms with Crippen molar-refractivity contribution in [3.05, 3.63) is 30.3 Å². The SMILES string of the molecule is CC(C)(C)OC(=O)N1CCN(C(=O)OC(C)(C)C)C1=Nc1ccccc1. The molecule has 0 saturated carbocycles. The number of hydrogen-bond donors (Lipinski definition) is 0. The third-order valence-corrected chi connectivity index (χ3v) is 3.24. The van der Waals surface area contributed by atoms with Crippen LogP contribution in [-0.2, 0) is 9.47 Å². The molecule has 7 heteroatoms. The van der Waals surface area contributed by atoms with Crippen molar-refractivity contribution in [3.63, 3.8) is 0 Å². The fourth-order valence-electron chi connectivity index (χ4n) is 2.26. The van der Waals surface area contributed by atoms with Crippen LogP contribution in [0.5, 0.6) is 0 Å². The molecular weight excluding hydrogens is 334 g/mol. The van der Waals surface area contributed by atoms with Gasteiger partial charge >= 0.3 is 12.2 Å². The quantitative estimate of drug-likeness (QED) is 0.753. The number of carbonyl (C=O) groups excluding carboxylic acids is 2. The molecule has 142 valence electrons. The number of carbonyl (C=O) groups is 2. The second-order valence-electron chi connectivity index (χ2n) is 8.01. The van der Waals surface area contributed by atoms with Gasteiger partial charge in [-0.15, -0.1) is 0 Å². The minimum Gasteiger partial charge on any atom is -0.443 e. The van der Waals surface area contributed by atoms with Crippen molar-refractivity contribution in [1.82, 2.24) is 9.80 Å². The molecule has 0 bridgehead atoms. The van der Waals surface area contributed by atoms with E-state index < -0.39 is 23.4 Å². The summed E-state index contributed by atoms with van der Waals surface area (Å²) in [4.78, 5) is 32.3. The van der Waals surface area contributed by atoms with Gasteiger partial charge in [-0.05, 0) is 53.7 Å². The molecule has 1 aliphatic rings. The summed E-state index contributed by atoms with van der Waals surface area (Å²) in [5.41, 5.74) is -0.658. The number of para-hydroxylation sites is 1. The Morgan fingerprint density at radius 1 is 0.846 bits per heavy atom. The Kier molecular flexibility index (Phi) is 5.59. The lowest BCUT2D eigenvalue weighted by Gasteiger charge is -2.27. The molecule has 26 heavy (non-hydrogen) atoms. The third kappa shape index (κ3) is 5.47. The van der Waals surface area contributed by atoms with Gasteiger partial charge in [0, 0.05) is 0 Å². The Morgan fingerprint density at radius 3 is 1.65 bits per heavy atom. The first-order chi connectivity index (χ1) is 12.0. The average molecular weight is 361 g/mol. The van der Waals surface area contributed by atoms with Crippen LogP contribution in [0, 0.1) is 0 Å². The smallest absolute Gasteiger partial charge is 0.417 e. The summed E-state index contributed by atoms with van der Waals surface area (Å²) in [7, 11) is 0. The van der Waals surface area contributed by atoms with E-state index in [4.69, 9.17) is 9.47 Å². The number of hydrogen-bond acceptors (Lipinski definition) is 5. The van der Waals surface area contributed by atoms with Crippen LogP contribution in [0.4, 0.5) is 15.3 Å². The summed E-state index contributed by atoms with van der Waals surface area (Å²) in [5, 5.41) is 0. The van der Waals surface area contributed by atoms with Gasteiger partial charge in [0.25, 0.3) is 0 Å². The Bertz CT molecular complexity index is 649. The van der Waals surface area contributed by atoms with Gasteiger partial charge in [0.05, 0.1) is 18.8 Å². The zero-order chi connectivity index (χ0) is 19.5. The molecule has 0 aliphatic carbocycles. The van der Waals surface area contributed by atoms with Crippen molar-refractivity contribution < 1.29 is 19.1 Å². The van der Waals surface area contributed by atoms with Crippen LogP contribution in [-0.4, -0.2) is 52.2 Å². The number of ether oxygens (including phenoxy) is 2. The van der Waals surface area contributed by atoms with Gasteiger partial charge in [0.1, 0.15) is 11.2 Å². The van der Waals surface area contributed by atoms with Crippen LogP contribution in [0.25, 0.3) is 0 Å². The molecule has 1 fully saturated rings. The molecule has 1 aromatic carbocycles. The number of rotatable bonds is 1. The second-order valence-corrected chi connectivity index (χ2v) is 8.01. The molecule has 2 amide bonds. The summed E-state index contributed by atoms with van der Waals surface area (Å²) in [6.45, 7) is 11.3. The highest BCUT2D eigenvalue weighted by Crippen LogP contribution is 2.21. The monoisotopic (exact) mass is 361 g/mol. The molecule has 2 rings (SSSR count). The van der Waals surface area contributed by atoms with Crippen molar-refractivity contribution >= 4 is 23.8 Å². The summed E-state index contributed by atoms with van der Waals surface area (Å²) in [6.07, 6.45) is -1.09. The van der Waals surface area contributed by atoms with Crippen LogP contribution < -0.4 is 0 Å². The molecule has 0 atom stereocenters. The van der Waals surface area contributed by atoms with E-state index in [0.717, 1.165) is 0 Å². The molecule has 1 aromatic rings. The van der Waals surface area contributed by atoms with Crippen molar-refractivity contribution in [2.45, 2.75) is 52.7 Å². The Balaban J connectivity index is 2.33. The molecule has 0 unspecified atom stereocenters. The van der Waals surface area contributed by atoms with Crippen molar-refractivity contribution in [2.24, 2.45) is 4.99 Å². The van der Waals surface area contributed by atoms with Crippen LogP contribution in [0.1, 0.15) is 41.5 Å². The van der Waals surface area contributed by atoms with E-state index >= 15 is 0 Å². The molecule has 7 nitrogen and oxygen atoms in total. The molecular formula is C19H27N3O4. The predicted octanol–water partition coefficient (Wildman–Crippen LogP) is 4.16. The summed E-state index contributed by atoms with van der Waals surface area (Å²) >= 11 is 0. The number of benzene rings is 1. The molecule has 1 heterocycles. The van der Waals surface area contributed by atoms with Gasteiger partial charge in [0.15, 0.2) is 0 Å². The number of nitrogens with zero attached hydrogens (tertiary/aromatic N) is 3. The van der Waals surface area contributed by atoms with E-state index in [0.29, 0.717) is 18.8 Å². The average Bonchev–Trinajstić information content (AvgIpc) is 2.88. The maximum absolute atomic E-state index is 12.6. The molecule has 1 saturated heterocycles. The van der Waals surface area contributed by atoms with Crippen molar-refractivity contribution in [2.75, 3.05) is 13.1 Å². The number of aliphatic imine (C=N–C) groups is 1. The summed E-state index contributed by atoms with van der Waals surface area (Å²) < 4.78 is 10.9. The second kappa shape index (κ2) is 7.35. The highest BCUT2D eigenvalue weighted by molar-refractivity contribution is 6.04. The van der Waals surface area contributed by atoms with Gasteiger partial charge in [-0.1, -0.05) is 18.2 Å². The minimum absolute atomic E-state index is 0.208. The van der Waals surface area contributed by atoms with Gasteiger partial charge in [-0.25, -0.2) is 24.4 Å². The molecule has 0 N–H and O–H groups in total. The van der Waals surface area contributed by atoms with Crippen LogP contribution >= 0.6 is 0 Å². The topological polar surface area (TPSA) is 71.4 Å². The van der Waals surface area contributed by atoms with E-state index in [1.165, 1.54) is 9.80 Å². The standard InChI is InChI=1S/C19H27N3O4/c1-18(2,3)25-16(23)21-12-13-22(17(24)26-19(4,5)6)15(21)20-14-10-8-7-9-11-14/h7-11H,12-13H2,1-6H3. The first-order valence-corrected chi connectivity index (χ1v) is 8.61. The summed E-state index contributed by atoms with van der Waals surface area (Å²) in [5.74, 6) is 0.208. The fraction of sp³-hybridized carbons (Fsp3) is 0.526. The minimum atomic E-state index is -0.645. The summed E-state index contributed by atoms with van der Waals surface area (Å²) in [6, 6.07) is 9.14. The van der Waals surface area contributed by atoms with E-state index in [9.17, 15) is 9.59 Å². The van der Waals surface area contributed by atoms with E-state index in [2.05, 4.69) is 4.99 Å².